The smallest absolute Gasteiger partial charge is 0.308 e. The van der Waals surface area contributed by atoms with Gasteiger partial charge in [0.05, 0.1) is 22.7 Å². The Bertz CT molecular complexity index is 1060. The third kappa shape index (κ3) is 3.18. The summed E-state index contributed by atoms with van der Waals surface area (Å²) in [5, 5.41) is 29.9. The molecule has 0 amide bonds. The monoisotopic (exact) mass is 411 g/mol. The highest BCUT2D eigenvalue weighted by atomic mass is 16.6. The molecule has 154 valence electrons. The topological polar surface area (TPSA) is 144 Å². The fourth-order valence-electron chi connectivity index (χ4n) is 4.55. The summed E-state index contributed by atoms with van der Waals surface area (Å²) in [5.74, 6) is -6.54. The zero-order valence-electron chi connectivity index (χ0n) is 15.6. The van der Waals surface area contributed by atoms with E-state index < -0.39 is 40.5 Å². The summed E-state index contributed by atoms with van der Waals surface area (Å²) < 4.78 is 5.73. The maximum atomic E-state index is 12.5. The van der Waals surface area contributed by atoms with Gasteiger partial charge in [-0.15, -0.1) is 0 Å². The van der Waals surface area contributed by atoms with Gasteiger partial charge in [-0.2, -0.15) is 0 Å². The van der Waals surface area contributed by atoms with E-state index >= 15 is 0 Å². The third-order valence-electron chi connectivity index (χ3n) is 5.86. The van der Waals surface area contributed by atoms with Gasteiger partial charge in [-0.3, -0.25) is 24.5 Å². The molecule has 4 unspecified atom stereocenters. The summed E-state index contributed by atoms with van der Waals surface area (Å²) >= 11 is 0. The lowest BCUT2D eigenvalue weighted by molar-refractivity contribution is -0.384. The van der Waals surface area contributed by atoms with Crippen LogP contribution in [0, 0.1) is 22.0 Å². The molecule has 9 heteroatoms. The third-order valence-corrected chi connectivity index (χ3v) is 5.86. The van der Waals surface area contributed by atoms with Gasteiger partial charge in [-0.1, -0.05) is 6.07 Å². The minimum Gasteiger partial charge on any atom is -0.489 e. The van der Waals surface area contributed by atoms with Crippen LogP contribution >= 0.6 is 0 Å². The van der Waals surface area contributed by atoms with Crippen LogP contribution < -0.4 is 4.74 Å². The highest BCUT2D eigenvalue weighted by Crippen LogP contribution is 2.54. The number of carboxylic acid groups (broad SMARTS) is 2. The number of hydrogen-bond acceptors (Lipinski definition) is 6. The van der Waals surface area contributed by atoms with Crippen molar-refractivity contribution in [1.29, 1.82) is 0 Å². The molecule has 30 heavy (non-hydrogen) atoms. The summed E-state index contributed by atoms with van der Waals surface area (Å²) in [6.45, 7) is 0.124. The fraction of sp³-hybridized carbons (Fsp3) is 0.286. The second-order valence-corrected chi connectivity index (χ2v) is 7.49. The molecular formula is C21H17NO8. The molecule has 0 heterocycles. The number of nitro groups is 1. The molecule has 1 saturated carbocycles. The summed E-state index contributed by atoms with van der Waals surface area (Å²) in [6.07, 6.45) is 0.0153. The number of fused-ring (bicyclic) bond motifs is 2. The fourth-order valence-corrected chi connectivity index (χ4v) is 4.55. The van der Waals surface area contributed by atoms with Crippen molar-refractivity contribution in [3.63, 3.8) is 0 Å². The summed E-state index contributed by atoms with van der Waals surface area (Å²) in [7, 11) is 0. The number of nitro benzene ring substituents is 1. The van der Waals surface area contributed by atoms with E-state index in [-0.39, 0.29) is 24.5 Å². The maximum Gasteiger partial charge on any atom is 0.308 e. The normalized spacial score (nSPS) is 24.2. The van der Waals surface area contributed by atoms with Crippen LogP contribution in [0.5, 0.6) is 5.75 Å². The van der Waals surface area contributed by atoms with Crippen molar-refractivity contribution in [2.24, 2.45) is 11.8 Å². The average Bonchev–Trinajstić information content (AvgIpc) is 2.71. The first kappa shape index (κ1) is 19.6. The summed E-state index contributed by atoms with van der Waals surface area (Å²) in [6, 6.07) is 10.8. The minimum atomic E-state index is -1.31. The molecule has 0 aromatic heterocycles. The molecule has 1 fully saturated rings. The molecule has 4 atom stereocenters. The first-order valence-corrected chi connectivity index (χ1v) is 9.26. The van der Waals surface area contributed by atoms with Crippen LogP contribution in [-0.2, 0) is 21.0 Å². The molecule has 9 nitrogen and oxygen atoms in total. The number of rotatable bonds is 6. The van der Waals surface area contributed by atoms with E-state index in [1.165, 1.54) is 12.1 Å². The molecule has 0 saturated heterocycles. The number of non-ortho nitro benzene ring substituents is 1. The van der Waals surface area contributed by atoms with Gasteiger partial charge >= 0.3 is 11.9 Å². The van der Waals surface area contributed by atoms with Crippen LogP contribution in [0.2, 0.25) is 0 Å². The second-order valence-electron chi connectivity index (χ2n) is 7.49. The van der Waals surface area contributed by atoms with E-state index in [0.717, 1.165) is 0 Å². The van der Waals surface area contributed by atoms with Gasteiger partial charge in [0.15, 0.2) is 0 Å². The number of carbonyl (C=O) groups excluding carboxylic acids is 1. The molecule has 2 bridgehead atoms. The van der Waals surface area contributed by atoms with Gasteiger partial charge < -0.3 is 14.9 Å². The molecule has 3 aliphatic rings. The summed E-state index contributed by atoms with van der Waals surface area (Å²) in [4.78, 5) is 46.3. The first-order valence-electron chi connectivity index (χ1n) is 9.26. The van der Waals surface area contributed by atoms with Crippen LogP contribution in [0.4, 0.5) is 5.69 Å². The largest absolute Gasteiger partial charge is 0.489 e. The van der Waals surface area contributed by atoms with Crippen molar-refractivity contribution in [3.8, 4) is 5.75 Å². The van der Waals surface area contributed by atoms with E-state index in [9.17, 15) is 34.7 Å². The molecule has 2 N–H and O–H groups in total. The zero-order chi connectivity index (χ0) is 21.6. The predicted molar refractivity (Wildman–Crippen MR) is 101 cm³/mol. The van der Waals surface area contributed by atoms with E-state index in [0.29, 0.717) is 22.4 Å². The number of ketones is 1. The molecule has 2 aromatic carbocycles. The minimum absolute atomic E-state index is 0.0153. The Morgan fingerprint density at radius 1 is 1.03 bits per heavy atom. The number of carbonyl (C=O) groups is 3. The Morgan fingerprint density at radius 3 is 2.30 bits per heavy atom. The predicted octanol–water partition coefficient (Wildman–Crippen LogP) is 2.73. The van der Waals surface area contributed by atoms with E-state index in [1.54, 1.807) is 30.3 Å². The number of Topliss-reactive ketones (excluding diaryl/α,β-unsaturated/α-hetero) is 1. The van der Waals surface area contributed by atoms with Gasteiger partial charge in [0.2, 0.25) is 0 Å². The number of ether oxygens (including phenoxy) is 1. The number of hydrogen-bond donors (Lipinski definition) is 2. The molecule has 0 spiro atoms. The highest BCUT2D eigenvalue weighted by molar-refractivity contribution is 5.98. The number of benzene rings is 2. The van der Waals surface area contributed by atoms with Crippen LogP contribution in [0.15, 0.2) is 42.5 Å². The zero-order valence-corrected chi connectivity index (χ0v) is 15.6. The second kappa shape index (κ2) is 7.25. The molecule has 2 aromatic rings. The Morgan fingerprint density at radius 2 is 1.70 bits per heavy atom. The Labute approximate surface area is 170 Å². The summed E-state index contributed by atoms with van der Waals surface area (Å²) in [5.41, 5.74) is 1.84. The Hall–Kier alpha value is -3.75. The highest BCUT2D eigenvalue weighted by Gasteiger charge is 2.57. The van der Waals surface area contributed by atoms with E-state index in [4.69, 9.17) is 4.74 Å². The van der Waals surface area contributed by atoms with Gasteiger partial charge in [0, 0.05) is 24.5 Å². The lowest BCUT2D eigenvalue weighted by Gasteiger charge is -2.45. The quantitative estimate of drug-likeness (QED) is 0.545. The van der Waals surface area contributed by atoms with Crippen molar-refractivity contribution < 1.29 is 34.3 Å². The molecule has 5 rings (SSSR count). The molecule has 3 aliphatic carbocycles. The van der Waals surface area contributed by atoms with Crippen LogP contribution in [0.25, 0.3) is 0 Å². The lowest BCUT2D eigenvalue weighted by Crippen LogP contribution is -2.49. The first-order chi connectivity index (χ1) is 14.3. The van der Waals surface area contributed by atoms with E-state index in [1.807, 2.05) is 0 Å². The van der Waals surface area contributed by atoms with Crippen molar-refractivity contribution in [2.45, 2.75) is 24.9 Å². The van der Waals surface area contributed by atoms with Gasteiger partial charge in [-0.25, -0.2) is 0 Å². The van der Waals surface area contributed by atoms with E-state index in [2.05, 4.69) is 0 Å². The number of carboxylic acids is 2. The Kier molecular flexibility index (Phi) is 4.73. The molecular weight excluding hydrogens is 394 g/mol. The van der Waals surface area contributed by atoms with Gasteiger partial charge in [0.1, 0.15) is 18.1 Å². The van der Waals surface area contributed by atoms with Crippen molar-refractivity contribution >= 4 is 23.4 Å². The van der Waals surface area contributed by atoms with Crippen molar-refractivity contribution in [2.75, 3.05) is 0 Å². The Balaban J connectivity index is 1.61. The lowest BCUT2D eigenvalue weighted by atomic mass is 9.55. The van der Waals surface area contributed by atoms with Crippen LogP contribution in [0.3, 0.4) is 0 Å². The standard InChI is InChI=1S/C21H17NO8/c23-16-8-15-13-6-5-12(30-9-10-1-3-11(4-2-10)22(28)29)7-14(13)17(16)19(21(26)27)18(15)20(24)25/h1-7,15,17-19H,8-9H2,(H,24,25)(H,26,27). The average molecular weight is 411 g/mol. The maximum absolute atomic E-state index is 12.5. The van der Waals surface area contributed by atoms with Gasteiger partial charge in [-0.05, 0) is 41.0 Å². The van der Waals surface area contributed by atoms with Crippen molar-refractivity contribution in [1.82, 2.24) is 0 Å². The van der Waals surface area contributed by atoms with Crippen LogP contribution in [0.1, 0.15) is 34.9 Å². The number of nitrogens with zero attached hydrogens (tertiary/aromatic N) is 1. The van der Waals surface area contributed by atoms with Gasteiger partial charge in [0.25, 0.3) is 5.69 Å². The SMILES string of the molecule is O=C1CC2c3ccc(OCc4ccc([N+](=O)[O-])cc4)cc3C1C(C(=O)O)C2C(=O)O. The molecule has 0 aliphatic heterocycles. The number of aliphatic carboxylic acids is 2. The van der Waals surface area contributed by atoms with Crippen molar-refractivity contribution in [3.05, 3.63) is 69.3 Å². The molecule has 0 radical (unpaired) electrons. The van der Waals surface area contributed by atoms with Crippen LogP contribution in [-0.4, -0.2) is 32.9 Å².